The van der Waals surface area contributed by atoms with Gasteiger partial charge in [-0.25, -0.2) is 0 Å². The third-order valence-electron chi connectivity index (χ3n) is 6.30. The summed E-state index contributed by atoms with van der Waals surface area (Å²) in [5.41, 5.74) is 3.44. The molecule has 0 aliphatic rings. The largest absolute Gasteiger partial charge is 0.508 e. The Hall–Kier alpha value is -1.96. The molecule has 0 saturated heterocycles. The van der Waals surface area contributed by atoms with Crippen molar-refractivity contribution in [1.29, 1.82) is 0 Å². The van der Waals surface area contributed by atoms with E-state index in [2.05, 4.69) is 45.0 Å². The van der Waals surface area contributed by atoms with Crippen LogP contribution in [0.3, 0.4) is 0 Å². The van der Waals surface area contributed by atoms with E-state index in [1.165, 1.54) is 62.5 Å². The lowest BCUT2D eigenvalue weighted by molar-refractivity contribution is 0.456. The van der Waals surface area contributed by atoms with Gasteiger partial charge in [0.25, 0.3) is 0 Å². The SMILES string of the molecule is CCCCCCCC(C)(c1ccc(O)cc1)c1ccc(O)c(CCCCCC)c1. The second kappa shape index (κ2) is 11.9. The number of phenols is 2. The summed E-state index contributed by atoms with van der Waals surface area (Å²) in [5.74, 6) is 0.725. The minimum Gasteiger partial charge on any atom is -0.508 e. The molecule has 0 saturated carbocycles. The Kier molecular flexibility index (Phi) is 9.57. The van der Waals surface area contributed by atoms with Gasteiger partial charge < -0.3 is 10.2 Å². The molecule has 29 heavy (non-hydrogen) atoms. The van der Waals surface area contributed by atoms with Crippen LogP contribution < -0.4 is 0 Å². The quantitative estimate of drug-likeness (QED) is 0.338. The Bertz CT molecular complexity index is 720. The van der Waals surface area contributed by atoms with Crippen molar-refractivity contribution in [3.8, 4) is 11.5 Å². The van der Waals surface area contributed by atoms with Crippen LogP contribution in [-0.4, -0.2) is 10.2 Å². The lowest BCUT2D eigenvalue weighted by Crippen LogP contribution is -2.24. The number of hydrogen-bond donors (Lipinski definition) is 2. The molecule has 160 valence electrons. The van der Waals surface area contributed by atoms with E-state index in [4.69, 9.17) is 0 Å². The first kappa shape index (κ1) is 23.3. The Morgan fingerprint density at radius 3 is 1.93 bits per heavy atom. The van der Waals surface area contributed by atoms with E-state index < -0.39 is 0 Å². The first-order valence-electron chi connectivity index (χ1n) is 11.6. The third-order valence-corrected chi connectivity index (χ3v) is 6.30. The van der Waals surface area contributed by atoms with Crippen LogP contribution in [0.1, 0.15) is 102 Å². The summed E-state index contributed by atoms with van der Waals surface area (Å²) in [4.78, 5) is 0. The van der Waals surface area contributed by atoms with Crippen molar-refractivity contribution < 1.29 is 10.2 Å². The van der Waals surface area contributed by atoms with Gasteiger partial charge in [-0.05, 0) is 54.2 Å². The van der Waals surface area contributed by atoms with Crippen molar-refractivity contribution in [3.63, 3.8) is 0 Å². The van der Waals surface area contributed by atoms with E-state index in [1.807, 2.05) is 6.07 Å². The average Bonchev–Trinajstić information content (AvgIpc) is 2.72. The number of phenolic OH excluding ortho intramolecular Hbond substituents is 2. The lowest BCUT2D eigenvalue weighted by Gasteiger charge is -2.32. The maximum atomic E-state index is 10.4. The molecule has 0 amide bonds. The number of aromatic hydroxyl groups is 2. The predicted octanol–water partition coefficient (Wildman–Crippen LogP) is 7.89. The monoisotopic (exact) mass is 396 g/mol. The van der Waals surface area contributed by atoms with Crippen molar-refractivity contribution in [3.05, 3.63) is 59.2 Å². The van der Waals surface area contributed by atoms with Crippen LogP contribution in [0.15, 0.2) is 42.5 Å². The van der Waals surface area contributed by atoms with Crippen LogP contribution in [0.2, 0.25) is 0 Å². The molecule has 2 rings (SSSR count). The highest BCUT2D eigenvalue weighted by atomic mass is 16.3. The van der Waals surface area contributed by atoms with E-state index in [1.54, 1.807) is 12.1 Å². The Morgan fingerprint density at radius 2 is 1.28 bits per heavy atom. The fourth-order valence-electron chi connectivity index (χ4n) is 4.24. The highest BCUT2D eigenvalue weighted by Gasteiger charge is 2.29. The molecule has 1 unspecified atom stereocenters. The molecule has 0 aromatic heterocycles. The van der Waals surface area contributed by atoms with E-state index in [0.717, 1.165) is 24.8 Å². The number of hydrogen-bond acceptors (Lipinski definition) is 2. The van der Waals surface area contributed by atoms with Crippen LogP contribution in [0.4, 0.5) is 0 Å². The molecule has 0 aliphatic heterocycles. The molecule has 0 aliphatic carbocycles. The Balaban J connectivity index is 2.26. The average molecular weight is 397 g/mol. The van der Waals surface area contributed by atoms with Crippen molar-refractivity contribution >= 4 is 0 Å². The zero-order chi connectivity index (χ0) is 21.1. The molecular formula is C27H40O2. The van der Waals surface area contributed by atoms with E-state index in [-0.39, 0.29) is 5.41 Å². The molecule has 0 bridgehead atoms. The number of rotatable bonds is 13. The summed E-state index contributed by atoms with van der Waals surface area (Å²) in [7, 11) is 0. The van der Waals surface area contributed by atoms with Crippen molar-refractivity contribution in [2.75, 3.05) is 0 Å². The van der Waals surface area contributed by atoms with E-state index in [9.17, 15) is 10.2 Å². The van der Waals surface area contributed by atoms with Gasteiger partial charge in [0.05, 0.1) is 0 Å². The summed E-state index contributed by atoms with van der Waals surface area (Å²) in [5, 5.41) is 20.2. The Morgan fingerprint density at radius 1 is 0.690 bits per heavy atom. The molecule has 2 nitrogen and oxygen atoms in total. The van der Waals surface area contributed by atoms with Gasteiger partial charge in [-0.15, -0.1) is 0 Å². The van der Waals surface area contributed by atoms with Crippen LogP contribution in [0.25, 0.3) is 0 Å². The van der Waals surface area contributed by atoms with Gasteiger partial charge in [-0.2, -0.15) is 0 Å². The molecule has 2 N–H and O–H groups in total. The number of benzene rings is 2. The van der Waals surface area contributed by atoms with Gasteiger partial charge in [-0.1, -0.05) is 96.4 Å². The number of aryl methyl sites for hydroxylation is 1. The zero-order valence-electron chi connectivity index (χ0n) is 18.7. The maximum Gasteiger partial charge on any atom is 0.118 e. The lowest BCUT2D eigenvalue weighted by atomic mass is 9.72. The fourth-order valence-corrected chi connectivity index (χ4v) is 4.24. The Labute approximate surface area is 178 Å². The smallest absolute Gasteiger partial charge is 0.118 e. The minimum atomic E-state index is -0.119. The maximum absolute atomic E-state index is 10.4. The summed E-state index contributed by atoms with van der Waals surface area (Å²) in [6, 6.07) is 13.9. The van der Waals surface area contributed by atoms with Gasteiger partial charge in [0.1, 0.15) is 11.5 Å². The molecule has 0 radical (unpaired) electrons. The van der Waals surface area contributed by atoms with Crippen LogP contribution >= 0.6 is 0 Å². The topological polar surface area (TPSA) is 40.5 Å². The predicted molar refractivity (Wildman–Crippen MR) is 124 cm³/mol. The van der Waals surface area contributed by atoms with E-state index in [0.29, 0.717) is 11.5 Å². The molecule has 1 atom stereocenters. The summed E-state index contributed by atoms with van der Waals surface area (Å²) >= 11 is 0. The van der Waals surface area contributed by atoms with Gasteiger partial charge in [-0.3, -0.25) is 0 Å². The number of unbranched alkanes of at least 4 members (excludes halogenated alkanes) is 7. The first-order chi connectivity index (χ1) is 14.0. The van der Waals surface area contributed by atoms with Crippen LogP contribution in [-0.2, 0) is 11.8 Å². The molecule has 0 fully saturated rings. The third kappa shape index (κ3) is 6.80. The summed E-state index contributed by atoms with van der Waals surface area (Å²) < 4.78 is 0. The molecule has 0 spiro atoms. The molecule has 2 aromatic rings. The summed E-state index contributed by atoms with van der Waals surface area (Å²) in [6.45, 7) is 6.78. The minimum absolute atomic E-state index is 0.119. The zero-order valence-corrected chi connectivity index (χ0v) is 18.7. The highest BCUT2D eigenvalue weighted by Crippen LogP contribution is 2.39. The van der Waals surface area contributed by atoms with E-state index >= 15 is 0 Å². The standard InChI is InChI=1S/C27H40O2/c1-4-6-8-10-12-20-27(3,23-14-17-25(28)18-15-23)24-16-19-26(29)22(21-24)13-11-9-7-5-2/h14-19,21,28-29H,4-13,20H2,1-3H3. The highest BCUT2D eigenvalue weighted by molar-refractivity contribution is 5.45. The fraction of sp³-hybridized carbons (Fsp3) is 0.556. The van der Waals surface area contributed by atoms with Gasteiger partial charge >= 0.3 is 0 Å². The van der Waals surface area contributed by atoms with Crippen LogP contribution in [0, 0.1) is 0 Å². The van der Waals surface area contributed by atoms with Gasteiger partial charge in [0.15, 0.2) is 0 Å². The van der Waals surface area contributed by atoms with Crippen LogP contribution in [0.5, 0.6) is 11.5 Å². The van der Waals surface area contributed by atoms with Gasteiger partial charge in [0.2, 0.25) is 0 Å². The van der Waals surface area contributed by atoms with Gasteiger partial charge in [0, 0.05) is 5.41 Å². The molecule has 2 heteroatoms. The van der Waals surface area contributed by atoms with Crippen molar-refractivity contribution in [2.45, 2.75) is 96.8 Å². The molecule has 2 aromatic carbocycles. The second-order valence-electron chi connectivity index (χ2n) is 8.70. The normalized spacial score (nSPS) is 13.3. The first-order valence-corrected chi connectivity index (χ1v) is 11.6. The van der Waals surface area contributed by atoms with Crippen molar-refractivity contribution in [2.24, 2.45) is 0 Å². The molecular weight excluding hydrogens is 356 g/mol. The van der Waals surface area contributed by atoms with Crippen molar-refractivity contribution in [1.82, 2.24) is 0 Å². The molecule has 0 heterocycles. The second-order valence-corrected chi connectivity index (χ2v) is 8.70. The summed E-state index contributed by atoms with van der Waals surface area (Å²) in [6.07, 6.45) is 13.1.